The molecule has 0 saturated heterocycles. The number of amides is 1. The molecule has 1 N–H and O–H groups in total. The molecule has 1 aliphatic carbocycles. The van der Waals surface area contributed by atoms with Gasteiger partial charge in [0.25, 0.3) is 0 Å². The smallest absolute Gasteiger partial charge is 0.407 e. The zero-order valence-electron chi connectivity index (χ0n) is 18.2. The van der Waals surface area contributed by atoms with Crippen LogP contribution >= 0.6 is 0 Å². The summed E-state index contributed by atoms with van der Waals surface area (Å²) < 4.78 is 16.2. The summed E-state index contributed by atoms with van der Waals surface area (Å²) in [6.45, 7) is 0.686. The SMILES string of the molecule is COc1cccc(OC)c1C#CCCNC(=O)OCC1c2ccccc2-c2ccccc21. The highest BCUT2D eigenvalue weighted by Crippen LogP contribution is 2.44. The Bertz CT molecular complexity index is 1110. The van der Waals surface area contributed by atoms with Gasteiger partial charge in [0.1, 0.15) is 23.7 Å². The fourth-order valence-electron chi connectivity index (χ4n) is 4.00. The molecule has 162 valence electrons. The minimum absolute atomic E-state index is 0.0472. The van der Waals surface area contributed by atoms with E-state index < -0.39 is 6.09 Å². The normalized spacial score (nSPS) is 11.6. The first-order valence-electron chi connectivity index (χ1n) is 10.5. The van der Waals surface area contributed by atoms with Crippen LogP contribution in [-0.2, 0) is 4.74 Å². The molecular formula is C27H25NO4. The molecule has 0 bridgehead atoms. The third kappa shape index (κ3) is 4.40. The van der Waals surface area contributed by atoms with Crippen LogP contribution in [0.4, 0.5) is 4.79 Å². The number of methoxy groups -OCH3 is 2. The number of carbonyl (C=O) groups excluding carboxylic acids is 1. The third-order valence-corrected chi connectivity index (χ3v) is 5.50. The molecule has 0 radical (unpaired) electrons. The second kappa shape index (κ2) is 9.93. The lowest BCUT2D eigenvalue weighted by atomic mass is 9.98. The molecule has 1 aliphatic rings. The maximum atomic E-state index is 12.2. The number of alkyl carbamates (subject to hydrolysis) is 1. The molecule has 0 saturated carbocycles. The fraction of sp³-hybridized carbons (Fsp3) is 0.222. The molecule has 0 aromatic heterocycles. The van der Waals surface area contributed by atoms with Crippen molar-refractivity contribution in [1.29, 1.82) is 0 Å². The van der Waals surface area contributed by atoms with E-state index in [0.29, 0.717) is 36.6 Å². The molecule has 32 heavy (non-hydrogen) atoms. The maximum absolute atomic E-state index is 12.2. The van der Waals surface area contributed by atoms with Gasteiger partial charge in [0, 0.05) is 18.9 Å². The number of ether oxygens (including phenoxy) is 3. The van der Waals surface area contributed by atoms with E-state index in [1.165, 1.54) is 22.3 Å². The van der Waals surface area contributed by atoms with Crippen molar-refractivity contribution in [1.82, 2.24) is 5.32 Å². The van der Waals surface area contributed by atoms with E-state index in [9.17, 15) is 4.79 Å². The first kappa shape index (κ1) is 21.3. The molecule has 0 aliphatic heterocycles. The Kier molecular flexibility index (Phi) is 6.62. The maximum Gasteiger partial charge on any atom is 0.407 e. The predicted molar refractivity (Wildman–Crippen MR) is 124 cm³/mol. The number of nitrogens with one attached hydrogen (secondary N) is 1. The number of hydrogen-bond acceptors (Lipinski definition) is 4. The monoisotopic (exact) mass is 427 g/mol. The van der Waals surface area contributed by atoms with Gasteiger partial charge in [-0.15, -0.1) is 0 Å². The Morgan fingerprint density at radius 3 is 2.06 bits per heavy atom. The van der Waals surface area contributed by atoms with Crippen molar-refractivity contribution in [2.75, 3.05) is 27.4 Å². The van der Waals surface area contributed by atoms with E-state index in [1.54, 1.807) is 14.2 Å². The van der Waals surface area contributed by atoms with Crippen LogP contribution in [0.5, 0.6) is 11.5 Å². The minimum atomic E-state index is -0.441. The first-order valence-corrected chi connectivity index (χ1v) is 10.5. The van der Waals surface area contributed by atoms with E-state index in [0.717, 1.165) is 0 Å². The zero-order chi connectivity index (χ0) is 22.3. The second-order valence-corrected chi connectivity index (χ2v) is 7.34. The Balaban J connectivity index is 1.31. The van der Waals surface area contributed by atoms with Gasteiger partial charge in [-0.25, -0.2) is 4.79 Å². The molecule has 4 rings (SSSR count). The minimum Gasteiger partial charge on any atom is -0.495 e. The number of fused-ring (bicyclic) bond motifs is 3. The highest BCUT2D eigenvalue weighted by molar-refractivity contribution is 5.79. The lowest BCUT2D eigenvalue weighted by molar-refractivity contribution is 0.143. The van der Waals surface area contributed by atoms with Gasteiger partial charge in [-0.1, -0.05) is 66.4 Å². The molecule has 0 fully saturated rings. The quantitative estimate of drug-likeness (QED) is 0.445. The lowest BCUT2D eigenvalue weighted by Crippen LogP contribution is -2.26. The van der Waals surface area contributed by atoms with Gasteiger partial charge in [-0.3, -0.25) is 0 Å². The fourth-order valence-corrected chi connectivity index (χ4v) is 4.00. The molecule has 0 unspecified atom stereocenters. The summed E-state index contributed by atoms with van der Waals surface area (Å²) in [5, 5.41) is 2.77. The van der Waals surface area contributed by atoms with Crippen LogP contribution < -0.4 is 14.8 Å². The summed E-state index contributed by atoms with van der Waals surface area (Å²) in [4.78, 5) is 12.2. The Labute approximate surface area is 188 Å². The van der Waals surface area contributed by atoms with Crippen molar-refractivity contribution in [3.63, 3.8) is 0 Å². The Morgan fingerprint density at radius 1 is 0.875 bits per heavy atom. The molecule has 5 heteroatoms. The van der Waals surface area contributed by atoms with Gasteiger partial charge in [0.15, 0.2) is 0 Å². The van der Waals surface area contributed by atoms with Gasteiger partial charge in [-0.05, 0) is 34.4 Å². The van der Waals surface area contributed by atoms with Crippen LogP contribution in [0.2, 0.25) is 0 Å². The topological polar surface area (TPSA) is 56.8 Å². The molecule has 0 heterocycles. The Hall–Kier alpha value is -3.91. The second-order valence-electron chi connectivity index (χ2n) is 7.34. The van der Waals surface area contributed by atoms with Crippen molar-refractivity contribution in [2.24, 2.45) is 0 Å². The van der Waals surface area contributed by atoms with Crippen LogP contribution in [0.25, 0.3) is 11.1 Å². The number of carbonyl (C=O) groups is 1. The Morgan fingerprint density at radius 2 is 1.47 bits per heavy atom. The highest BCUT2D eigenvalue weighted by atomic mass is 16.5. The lowest BCUT2D eigenvalue weighted by Gasteiger charge is -2.14. The highest BCUT2D eigenvalue weighted by Gasteiger charge is 2.28. The summed E-state index contributed by atoms with van der Waals surface area (Å²) in [6.07, 6.45) is 0.0364. The number of hydrogen-bond donors (Lipinski definition) is 1. The largest absolute Gasteiger partial charge is 0.495 e. The van der Waals surface area contributed by atoms with Crippen LogP contribution in [0.3, 0.4) is 0 Å². The standard InChI is InChI=1S/C27H25NO4/c1-30-25-15-9-16-26(31-2)23(25)14-7-8-17-28-27(29)32-18-24-21-12-5-3-10-19(21)20-11-4-6-13-22(20)24/h3-6,9-13,15-16,24H,8,17-18H2,1-2H3,(H,28,29). The molecule has 3 aromatic carbocycles. The van der Waals surface area contributed by atoms with Gasteiger partial charge in [-0.2, -0.15) is 0 Å². The van der Waals surface area contributed by atoms with Gasteiger partial charge in [0.05, 0.1) is 14.2 Å². The zero-order valence-corrected chi connectivity index (χ0v) is 18.2. The van der Waals surface area contributed by atoms with E-state index >= 15 is 0 Å². The van der Waals surface area contributed by atoms with Crippen LogP contribution in [0.15, 0.2) is 66.7 Å². The average molecular weight is 428 g/mol. The van der Waals surface area contributed by atoms with E-state index in [-0.39, 0.29) is 5.92 Å². The summed E-state index contributed by atoms with van der Waals surface area (Å²) in [5.74, 6) is 7.47. The van der Waals surface area contributed by atoms with Crippen molar-refractivity contribution in [3.8, 4) is 34.5 Å². The van der Waals surface area contributed by atoms with Gasteiger partial charge < -0.3 is 19.5 Å². The van der Waals surface area contributed by atoms with Gasteiger partial charge in [0.2, 0.25) is 0 Å². The summed E-state index contributed by atoms with van der Waals surface area (Å²) in [6, 6.07) is 22.1. The summed E-state index contributed by atoms with van der Waals surface area (Å²) in [5.41, 5.74) is 5.49. The van der Waals surface area contributed by atoms with Crippen LogP contribution in [0.1, 0.15) is 29.0 Å². The molecule has 5 nitrogen and oxygen atoms in total. The van der Waals surface area contributed by atoms with E-state index in [2.05, 4.69) is 41.4 Å². The molecule has 3 aromatic rings. The average Bonchev–Trinajstić information content (AvgIpc) is 3.16. The van der Waals surface area contributed by atoms with Crippen molar-refractivity contribution in [2.45, 2.75) is 12.3 Å². The molecule has 1 amide bonds. The summed E-state index contributed by atoms with van der Waals surface area (Å²) >= 11 is 0. The van der Waals surface area contributed by atoms with Crippen molar-refractivity contribution < 1.29 is 19.0 Å². The van der Waals surface area contributed by atoms with Crippen molar-refractivity contribution >= 4 is 6.09 Å². The molecular weight excluding hydrogens is 402 g/mol. The van der Waals surface area contributed by atoms with Gasteiger partial charge >= 0.3 is 6.09 Å². The van der Waals surface area contributed by atoms with Crippen LogP contribution in [-0.4, -0.2) is 33.5 Å². The van der Waals surface area contributed by atoms with E-state index in [4.69, 9.17) is 14.2 Å². The first-order chi connectivity index (χ1) is 15.7. The number of rotatable bonds is 6. The molecule has 0 atom stereocenters. The molecule has 0 spiro atoms. The third-order valence-electron chi connectivity index (χ3n) is 5.50. The van der Waals surface area contributed by atoms with Crippen LogP contribution in [0, 0.1) is 11.8 Å². The van der Waals surface area contributed by atoms with E-state index in [1.807, 2.05) is 42.5 Å². The predicted octanol–water partition coefficient (Wildman–Crippen LogP) is 4.98. The number of benzene rings is 3. The van der Waals surface area contributed by atoms with Crippen molar-refractivity contribution in [3.05, 3.63) is 83.4 Å². The summed E-state index contributed by atoms with van der Waals surface area (Å²) in [7, 11) is 3.19.